The van der Waals surface area contributed by atoms with Gasteiger partial charge in [-0.15, -0.1) is 0 Å². The molecule has 0 atom stereocenters. The van der Waals surface area contributed by atoms with Gasteiger partial charge in [0.15, 0.2) is 6.61 Å². The summed E-state index contributed by atoms with van der Waals surface area (Å²) in [5.74, 6) is -0.486. The Labute approximate surface area is 198 Å². The van der Waals surface area contributed by atoms with Crippen LogP contribution in [0.1, 0.15) is 24.8 Å². The molecule has 0 aliphatic carbocycles. The van der Waals surface area contributed by atoms with Crippen molar-refractivity contribution in [2.75, 3.05) is 36.5 Å². The van der Waals surface area contributed by atoms with E-state index in [2.05, 4.69) is 10.1 Å². The van der Waals surface area contributed by atoms with Crippen molar-refractivity contribution in [2.45, 2.75) is 37.5 Å². The topological polar surface area (TPSA) is 71.0 Å². The predicted molar refractivity (Wildman–Crippen MR) is 118 cm³/mol. The second-order valence-electron chi connectivity index (χ2n) is 8.46. The number of carbonyl (C=O) groups is 1. The molecule has 2 heterocycles. The maximum absolute atomic E-state index is 14.5. The Morgan fingerprint density at radius 1 is 1.12 bits per heavy atom. The molecule has 0 bridgehead atoms. The lowest BCUT2D eigenvalue weighted by molar-refractivity contribution is -0.153. The monoisotopic (exact) mass is 502 g/mol. The molecule has 2 N–H and O–H groups in total. The summed E-state index contributed by atoms with van der Waals surface area (Å²) in [6, 6.07) is 6.91. The minimum atomic E-state index is -4.51. The highest BCUT2D eigenvalue weighted by Gasteiger charge is 2.35. The number of ether oxygens (including phenoxy) is 2. The van der Waals surface area contributed by atoms with Crippen LogP contribution in [0.3, 0.4) is 0 Å². The molecule has 184 valence electrons. The van der Waals surface area contributed by atoms with Gasteiger partial charge in [-0.3, -0.25) is 4.79 Å². The summed E-state index contributed by atoms with van der Waals surface area (Å²) in [4.78, 5) is 13.4. The van der Waals surface area contributed by atoms with E-state index in [1.165, 1.54) is 12.1 Å². The molecule has 2 aromatic carbocycles. The van der Waals surface area contributed by atoms with Crippen molar-refractivity contribution in [2.24, 2.45) is 0 Å². The molecule has 11 heteroatoms. The van der Waals surface area contributed by atoms with Crippen LogP contribution < -0.4 is 19.7 Å². The van der Waals surface area contributed by atoms with E-state index >= 15 is 0 Å². The van der Waals surface area contributed by atoms with E-state index < -0.39 is 24.2 Å². The molecule has 0 spiro atoms. The molecular weight excluding hydrogens is 480 g/mol. The maximum Gasteiger partial charge on any atom is 0.422 e. The van der Waals surface area contributed by atoms with Crippen molar-refractivity contribution in [3.05, 3.63) is 46.7 Å². The summed E-state index contributed by atoms with van der Waals surface area (Å²) in [6.45, 7) is -0.829. The molecule has 1 fully saturated rings. The number of nitrogens with zero attached hydrogens (tertiary/aromatic N) is 1. The second-order valence-corrected chi connectivity index (χ2v) is 8.87. The molecule has 6 nitrogen and oxygen atoms in total. The first-order valence-electron chi connectivity index (χ1n) is 10.7. The number of anilines is 2. The first-order valence-corrected chi connectivity index (χ1v) is 11.1. The van der Waals surface area contributed by atoms with Gasteiger partial charge in [0.05, 0.1) is 16.4 Å². The Morgan fingerprint density at radius 3 is 2.53 bits per heavy atom. The number of benzene rings is 2. The van der Waals surface area contributed by atoms with E-state index in [-0.39, 0.29) is 24.0 Å². The molecule has 1 amide bonds. The van der Waals surface area contributed by atoms with Crippen molar-refractivity contribution in [1.29, 1.82) is 0 Å². The molecule has 0 saturated carbocycles. The van der Waals surface area contributed by atoms with Gasteiger partial charge in [0, 0.05) is 31.1 Å². The normalized spacial score (nSPS) is 17.7. The number of rotatable bonds is 6. The van der Waals surface area contributed by atoms with Crippen LogP contribution >= 0.6 is 11.6 Å². The third-order valence-electron chi connectivity index (χ3n) is 5.94. The molecule has 1 saturated heterocycles. The average molecular weight is 503 g/mol. The summed E-state index contributed by atoms with van der Waals surface area (Å²) < 4.78 is 61.9. The Kier molecular flexibility index (Phi) is 6.82. The molecule has 0 unspecified atom stereocenters. The van der Waals surface area contributed by atoms with Gasteiger partial charge >= 0.3 is 6.18 Å². The number of halogens is 5. The first-order chi connectivity index (χ1) is 16.0. The molecule has 4 rings (SSSR count). The smallest absolute Gasteiger partial charge is 0.422 e. The predicted octanol–water partition coefficient (Wildman–Crippen LogP) is 4.72. The standard InChI is InChI=1S/C23H23ClF4N2O4/c24-16-3-5-19(15-2-6-20(31)29-21(15)16)34-12-22(32)7-9-30(10-8-22)18-4-1-14(11-17(18)25)33-13-23(26,27)28/h1,3-5,11,32H,2,6-10,12-13H2,(H,29,31). The van der Waals surface area contributed by atoms with E-state index in [9.17, 15) is 27.5 Å². The number of aliphatic hydroxyl groups is 1. The summed E-state index contributed by atoms with van der Waals surface area (Å²) in [6.07, 6.45) is -3.12. The minimum absolute atomic E-state index is 0.00949. The Bertz CT molecular complexity index is 1070. The van der Waals surface area contributed by atoms with Crippen LogP contribution in [0.15, 0.2) is 30.3 Å². The lowest BCUT2D eigenvalue weighted by Crippen LogP contribution is -2.48. The maximum atomic E-state index is 14.5. The first kappa shape index (κ1) is 24.4. The highest BCUT2D eigenvalue weighted by Crippen LogP contribution is 2.38. The lowest BCUT2D eigenvalue weighted by Gasteiger charge is -2.39. The van der Waals surface area contributed by atoms with Gasteiger partial charge in [0.1, 0.15) is 29.5 Å². The fraction of sp³-hybridized carbons (Fsp3) is 0.435. The number of piperidine rings is 1. The van der Waals surface area contributed by atoms with Gasteiger partial charge in [0.25, 0.3) is 0 Å². The average Bonchev–Trinajstić information content (AvgIpc) is 2.78. The summed E-state index contributed by atoms with van der Waals surface area (Å²) >= 11 is 6.18. The van der Waals surface area contributed by atoms with Crippen LogP contribution in [0.5, 0.6) is 11.5 Å². The zero-order chi connectivity index (χ0) is 24.5. The van der Waals surface area contributed by atoms with Crippen LogP contribution in [0.25, 0.3) is 0 Å². The number of carbonyl (C=O) groups excluding carboxylic acids is 1. The van der Waals surface area contributed by atoms with E-state index in [1.807, 2.05) is 0 Å². The summed E-state index contributed by atoms with van der Waals surface area (Å²) in [7, 11) is 0. The van der Waals surface area contributed by atoms with E-state index in [0.717, 1.165) is 11.6 Å². The van der Waals surface area contributed by atoms with Crippen LogP contribution in [-0.4, -0.2) is 49.1 Å². The number of fused-ring (bicyclic) bond motifs is 1. The molecule has 2 aliphatic heterocycles. The van der Waals surface area contributed by atoms with E-state index in [4.69, 9.17) is 16.3 Å². The quantitative estimate of drug-likeness (QED) is 0.560. The van der Waals surface area contributed by atoms with Crippen molar-refractivity contribution in [3.63, 3.8) is 0 Å². The Hall–Kier alpha value is -2.72. The van der Waals surface area contributed by atoms with Crippen LogP contribution in [0, 0.1) is 5.82 Å². The fourth-order valence-corrected chi connectivity index (χ4v) is 4.30. The minimum Gasteiger partial charge on any atom is -0.490 e. The van der Waals surface area contributed by atoms with Gasteiger partial charge in [-0.25, -0.2) is 4.39 Å². The fourth-order valence-electron chi connectivity index (χ4n) is 4.08. The number of nitrogens with one attached hydrogen (secondary N) is 1. The summed E-state index contributed by atoms with van der Waals surface area (Å²) in [5, 5.41) is 14.2. The van der Waals surface area contributed by atoms with Crippen LogP contribution in [-0.2, 0) is 11.2 Å². The van der Waals surface area contributed by atoms with Gasteiger partial charge in [-0.2, -0.15) is 13.2 Å². The molecule has 0 radical (unpaired) electrons. The van der Waals surface area contributed by atoms with Gasteiger partial charge in [-0.05, 0) is 43.5 Å². The lowest BCUT2D eigenvalue weighted by atomic mass is 9.92. The third-order valence-corrected chi connectivity index (χ3v) is 6.25. The van der Waals surface area contributed by atoms with E-state index in [0.29, 0.717) is 55.2 Å². The van der Waals surface area contributed by atoms with Crippen LogP contribution in [0.4, 0.5) is 28.9 Å². The number of hydrogen-bond acceptors (Lipinski definition) is 5. The largest absolute Gasteiger partial charge is 0.490 e. The highest BCUT2D eigenvalue weighted by atomic mass is 35.5. The van der Waals surface area contributed by atoms with Crippen LogP contribution in [0.2, 0.25) is 5.02 Å². The van der Waals surface area contributed by atoms with E-state index in [1.54, 1.807) is 17.0 Å². The van der Waals surface area contributed by atoms with Crippen molar-refractivity contribution < 1.29 is 36.9 Å². The summed E-state index contributed by atoms with van der Waals surface area (Å²) in [5.41, 5.74) is 0.385. The number of amides is 1. The second kappa shape index (κ2) is 9.50. The molecule has 0 aromatic heterocycles. The number of alkyl halides is 3. The Morgan fingerprint density at radius 2 is 1.85 bits per heavy atom. The molecular formula is C23H23ClF4N2O4. The SMILES string of the molecule is O=C1CCc2c(OCC3(O)CCN(c4ccc(OCC(F)(F)F)cc4F)CC3)ccc(Cl)c2N1. The zero-order valence-corrected chi connectivity index (χ0v) is 18.8. The van der Waals surface area contributed by atoms with Crippen molar-refractivity contribution in [1.82, 2.24) is 0 Å². The Balaban J connectivity index is 1.36. The number of hydrogen-bond donors (Lipinski definition) is 2. The third kappa shape index (κ3) is 5.67. The van der Waals surface area contributed by atoms with Gasteiger partial charge in [0.2, 0.25) is 5.91 Å². The van der Waals surface area contributed by atoms with Gasteiger partial charge in [-0.1, -0.05) is 11.6 Å². The molecule has 2 aliphatic rings. The van der Waals surface area contributed by atoms with Gasteiger partial charge < -0.3 is 24.8 Å². The molecule has 34 heavy (non-hydrogen) atoms. The van der Waals surface area contributed by atoms with Crippen molar-refractivity contribution in [3.8, 4) is 11.5 Å². The molecule has 2 aromatic rings. The van der Waals surface area contributed by atoms with Crippen molar-refractivity contribution >= 4 is 28.9 Å². The highest BCUT2D eigenvalue weighted by molar-refractivity contribution is 6.34. The zero-order valence-electron chi connectivity index (χ0n) is 18.1.